The molecular weight excluding hydrogens is 322 g/mol. The van der Waals surface area contributed by atoms with Crippen LogP contribution in [-0.4, -0.2) is 23.4 Å². The molecule has 0 aliphatic rings. The maximum Gasteiger partial charge on any atom is 0.255 e. The van der Waals surface area contributed by atoms with Crippen LogP contribution in [0.15, 0.2) is 27.6 Å². The van der Waals surface area contributed by atoms with Crippen LogP contribution in [0.1, 0.15) is 50.4 Å². The third kappa shape index (κ3) is 4.53. The van der Waals surface area contributed by atoms with Gasteiger partial charge in [-0.15, -0.1) is 12.6 Å². The lowest BCUT2D eigenvalue weighted by Gasteiger charge is -2.29. The number of thiol groups is 1. The van der Waals surface area contributed by atoms with Gasteiger partial charge in [-0.3, -0.25) is 4.79 Å². The lowest BCUT2D eigenvalue weighted by molar-refractivity contribution is 0.0682. The summed E-state index contributed by atoms with van der Waals surface area (Å²) in [6.45, 7) is 7.17. The second kappa shape index (κ2) is 7.95. The molecule has 0 aromatic heterocycles. The fourth-order valence-electron chi connectivity index (χ4n) is 1.91. The van der Waals surface area contributed by atoms with E-state index in [1.54, 1.807) is 0 Å². The maximum atomic E-state index is 12.6. The Hall–Kier alpha value is -0.480. The molecule has 1 amide bonds. The molecule has 0 N–H and O–H groups in total. The van der Waals surface area contributed by atoms with Gasteiger partial charge in [0.05, 0.1) is 5.56 Å². The van der Waals surface area contributed by atoms with Crippen molar-refractivity contribution >= 4 is 34.5 Å². The van der Waals surface area contributed by atoms with Crippen molar-refractivity contribution in [1.29, 1.82) is 0 Å². The fourth-order valence-corrected chi connectivity index (χ4v) is 2.76. The summed E-state index contributed by atoms with van der Waals surface area (Å²) in [4.78, 5) is 15.3. The van der Waals surface area contributed by atoms with Crippen molar-refractivity contribution < 1.29 is 4.79 Å². The zero-order valence-corrected chi connectivity index (χ0v) is 14.3. The van der Waals surface area contributed by atoms with E-state index in [9.17, 15) is 4.79 Å². The second-order valence-corrected chi connectivity index (χ2v) is 6.17. The van der Waals surface area contributed by atoms with E-state index in [0.717, 1.165) is 35.2 Å². The lowest BCUT2D eigenvalue weighted by Crippen LogP contribution is -2.39. The first-order valence-corrected chi connectivity index (χ1v) is 8.04. The SMILES string of the molecule is CCCCN(C(=O)c1ccc(Br)cc1S)C(C)CC. The van der Waals surface area contributed by atoms with Gasteiger partial charge < -0.3 is 4.90 Å². The summed E-state index contributed by atoms with van der Waals surface area (Å²) in [6, 6.07) is 5.86. The number of amides is 1. The minimum atomic E-state index is 0.0836. The van der Waals surface area contributed by atoms with Gasteiger partial charge in [-0.25, -0.2) is 0 Å². The first-order chi connectivity index (χ1) is 9.01. The topological polar surface area (TPSA) is 20.3 Å². The molecule has 0 aliphatic carbocycles. The van der Waals surface area contributed by atoms with Gasteiger partial charge in [0, 0.05) is 22.0 Å². The summed E-state index contributed by atoms with van der Waals surface area (Å²) in [6.07, 6.45) is 3.09. The van der Waals surface area contributed by atoms with Gasteiger partial charge in [0.25, 0.3) is 5.91 Å². The Morgan fingerprint density at radius 3 is 2.63 bits per heavy atom. The Kier molecular flexibility index (Phi) is 6.94. The average molecular weight is 344 g/mol. The molecule has 2 nitrogen and oxygen atoms in total. The first kappa shape index (κ1) is 16.6. The largest absolute Gasteiger partial charge is 0.336 e. The highest BCUT2D eigenvalue weighted by atomic mass is 79.9. The lowest BCUT2D eigenvalue weighted by atomic mass is 10.1. The van der Waals surface area contributed by atoms with E-state index in [2.05, 4.69) is 49.3 Å². The summed E-state index contributed by atoms with van der Waals surface area (Å²) < 4.78 is 0.942. The molecule has 4 heteroatoms. The Balaban J connectivity index is 2.97. The van der Waals surface area contributed by atoms with Crippen molar-refractivity contribution in [2.45, 2.75) is 51.0 Å². The summed E-state index contributed by atoms with van der Waals surface area (Å²) in [7, 11) is 0. The minimum Gasteiger partial charge on any atom is -0.336 e. The van der Waals surface area contributed by atoms with E-state index in [4.69, 9.17) is 0 Å². The Morgan fingerprint density at radius 1 is 1.42 bits per heavy atom. The fraction of sp³-hybridized carbons (Fsp3) is 0.533. The molecule has 19 heavy (non-hydrogen) atoms. The molecule has 0 heterocycles. The van der Waals surface area contributed by atoms with Crippen LogP contribution in [0.4, 0.5) is 0 Å². The normalized spacial score (nSPS) is 12.3. The number of carbonyl (C=O) groups is 1. The molecule has 0 fully saturated rings. The van der Waals surface area contributed by atoms with Crippen LogP contribution in [-0.2, 0) is 0 Å². The van der Waals surface area contributed by atoms with Crippen molar-refractivity contribution in [3.05, 3.63) is 28.2 Å². The Labute approximate surface area is 130 Å². The molecule has 1 aromatic rings. The average Bonchev–Trinajstić information content (AvgIpc) is 2.38. The molecule has 0 radical (unpaired) electrons. The van der Waals surface area contributed by atoms with Gasteiger partial charge in [0.1, 0.15) is 0 Å². The van der Waals surface area contributed by atoms with Crippen LogP contribution in [0.3, 0.4) is 0 Å². The molecule has 0 spiro atoms. The van der Waals surface area contributed by atoms with E-state index in [-0.39, 0.29) is 11.9 Å². The van der Waals surface area contributed by atoms with Crippen LogP contribution >= 0.6 is 28.6 Å². The Morgan fingerprint density at radius 2 is 2.11 bits per heavy atom. The van der Waals surface area contributed by atoms with Crippen LogP contribution < -0.4 is 0 Å². The van der Waals surface area contributed by atoms with Gasteiger partial charge >= 0.3 is 0 Å². The molecule has 1 aromatic carbocycles. The zero-order chi connectivity index (χ0) is 14.4. The van der Waals surface area contributed by atoms with Crippen molar-refractivity contribution in [2.24, 2.45) is 0 Å². The van der Waals surface area contributed by atoms with Crippen molar-refractivity contribution in [3.63, 3.8) is 0 Å². The number of rotatable bonds is 6. The predicted octanol–water partition coefficient (Wildman–Crippen LogP) is 4.78. The molecule has 1 unspecified atom stereocenters. The number of hydrogen-bond donors (Lipinski definition) is 1. The quantitative estimate of drug-likeness (QED) is 0.737. The zero-order valence-electron chi connectivity index (χ0n) is 11.8. The number of nitrogens with zero attached hydrogens (tertiary/aromatic N) is 1. The molecule has 0 aliphatic heterocycles. The van der Waals surface area contributed by atoms with Crippen molar-refractivity contribution in [2.75, 3.05) is 6.54 Å². The van der Waals surface area contributed by atoms with Crippen molar-refractivity contribution in [1.82, 2.24) is 4.90 Å². The molecule has 1 atom stereocenters. The molecule has 0 saturated heterocycles. The van der Waals surface area contributed by atoms with E-state index in [1.165, 1.54) is 0 Å². The van der Waals surface area contributed by atoms with Crippen LogP contribution in [0, 0.1) is 0 Å². The van der Waals surface area contributed by atoms with E-state index >= 15 is 0 Å². The van der Waals surface area contributed by atoms with Gasteiger partial charge in [0.2, 0.25) is 0 Å². The van der Waals surface area contributed by atoms with E-state index < -0.39 is 0 Å². The smallest absolute Gasteiger partial charge is 0.255 e. The van der Waals surface area contributed by atoms with Gasteiger partial charge in [-0.1, -0.05) is 36.2 Å². The highest BCUT2D eigenvalue weighted by molar-refractivity contribution is 9.10. The van der Waals surface area contributed by atoms with Gasteiger partial charge in [-0.2, -0.15) is 0 Å². The number of hydrogen-bond acceptors (Lipinski definition) is 2. The number of unbranched alkanes of at least 4 members (excludes halogenated alkanes) is 1. The minimum absolute atomic E-state index is 0.0836. The monoisotopic (exact) mass is 343 g/mol. The molecule has 0 saturated carbocycles. The molecule has 1 rings (SSSR count). The highest BCUT2D eigenvalue weighted by Gasteiger charge is 2.21. The highest BCUT2D eigenvalue weighted by Crippen LogP contribution is 2.22. The second-order valence-electron chi connectivity index (χ2n) is 4.77. The van der Waals surface area contributed by atoms with Crippen LogP contribution in [0.5, 0.6) is 0 Å². The number of carbonyl (C=O) groups excluding carboxylic acids is 1. The van der Waals surface area contributed by atoms with Gasteiger partial charge in [-0.05, 0) is 38.0 Å². The number of halogens is 1. The van der Waals surface area contributed by atoms with Gasteiger partial charge in [0.15, 0.2) is 0 Å². The standard InChI is InChI=1S/C15H22BrNOS/c1-4-6-9-17(11(3)5-2)15(18)13-8-7-12(16)10-14(13)19/h7-8,10-11,19H,4-6,9H2,1-3H3. The maximum absolute atomic E-state index is 12.6. The number of benzene rings is 1. The summed E-state index contributed by atoms with van der Waals surface area (Å²) >= 11 is 7.81. The molecular formula is C15H22BrNOS. The third-order valence-corrected chi connectivity index (χ3v) is 4.19. The summed E-state index contributed by atoms with van der Waals surface area (Å²) in [5, 5.41) is 0. The van der Waals surface area contributed by atoms with Crippen molar-refractivity contribution in [3.8, 4) is 0 Å². The summed E-state index contributed by atoms with van der Waals surface area (Å²) in [5.41, 5.74) is 0.683. The van der Waals surface area contributed by atoms with E-state index in [0.29, 0.717) is 5.56 Å². The third-order valence-electron chi connectivity index (χ3n) is 3.33. The van der Waals surface area contributed by atoms with Crippen LogP contribution in [0.25, 0.3) is 0 Å². The molecule has 106 valence electrons. The Bertz CT molecular complexity index is 436. The first-order valence-electron chi connectivity index (χ1n) is 6.80. The van der Waals surface area contributed by atoms with E-state index in [1.807, 2.05) is 23.1 Å². The van der Waals surface area contributed by atoms with Crippen LogP contribution in [0.2, 0.25) is 0 Å². The molecule has 0 bridgehead atoms. The summed E-state index contributed by atoms with van der Waals surface area (Å²) in [5.74, 6) is 0.0836. The predicted molar refractivity (Wildman–Crippen MR) is 87.1 cm³/mol.